The summed E-state index contributed by atoms with van der Waals surface area (Å²) in [5.74, 6) is 0.501. The molecule has 0 atom stereocenters. The van der Waals surface area contributed by atoms with E-state index >= 15 is 0 Å². The molecule has 1 amide bonds. The SMILES string of the molecule is O=C(CSc1nnc2ccccn12)N1CCN(c2cccc(Cl)c2)CC1. The first-order valence-corrected chi connectivity index (χ1v) is 9.78. The minimum absolute atomic E-state index is 0.133. The van der Waals surface area contributed by atoms with E-state index < -0.39 is 0 Å². The molecule has 2 aromatic heterocycles. The van der Waals surface area contributed by atoms with E-state index in [1.165, 1.54) is 11.8 Å². The maximum atomic E-state index is 12.5. The molecule has 4 rings (SSSR count). The van der Waals surface area contributed by atoms with E-state index in [0.717, 1.165) is 34.6 Å². The number of nitrogens with zero attached hydrogens (tertiary/aromatic N) is 5. The summed E-state index contributed by atoms with van der Waals surface area (Å²) in [6, 6.07) is 13.6. The molecule has 0 unspecified atom stereocenters. The molecule has 26 heavy (non-hydrogen) atoms. The molecule has 0 N–H and O–H groups in total. The average Bonchev–Trinajstić information content (AvgIpc) is 3.09. The molecule has 134 valence electrons. The van der Waals surface area contributed by atoms with Gasteiger partial charge in [0.15, 0.2) is 10.8 Å². The highest BCUT2D eigenvalue weighted by Gasteiger charge is 2.22. The molecule has 1 fully saturated rings. The summed E-state index contributed by atoms with van der Waals surface area (Å²) in [6.07, 6.45) is 1.91. The number of rotatable bonds is 4. The molecular weight excluding hydrogens is 370 g/mol. The van der Waals surface area contributed by atoms with Crippen LogP contribution in [-0.2, 0) is 4.79 Å². The first-order valence-electron chi connectivity index (χ1n) is 8.41. The number of aromatic nitrogens is 3. The van der Waals surface area contributed by atoms with E-state index in [0.29, 0.717) is 18.8 Å². The summed E-state index contributed by atoms with van der Waals surface area (Å²) in [5, 5.41) is 9.74. The third kappa shape index (κ3) is 3.64. The van der Waals surface area contributed by atoms with Crippen molar-refractivity contribution in [2.45, 2.75) is 5.16 Å². The van der Waals surface area contributed by atoms with E-state index in [9.17, 15) is 4.79 Å². The second-order valence-corrected chi connectivity index (χ2v) is 7.43. The van der Waals surface area contributed by atoms with Gasteiger partial charge in [-0.25, -0.2) is 0 Å². The van der Waals surface area contributed by atoms with Gasteiger partial charge >= 0.3 is 0 Å². The summed E-state index contributed by atoms with van der Waals surface area (Å²) in [4.78, 5) is 16.7. The zero-order chi connectivity index (χ0) is 17.9. The van der Waals surface area contributed by atoms with Crippen LogP contribution in [0.2, 0.25) is 5.02 Å². The second kappa shape index (κ2) is 7.55. The number of pyridine rings is 1. The molecule has 0 bridgehead atoms. The van der Waals surface area contributed by atoms with Gasteiger partial charge in [0.05, 0.1) is 5.75 Å². The Hall–Kier alpha value is -2.25. The molecule has 0 spiro atoms. The lowest BCUT2D eigenvalue weighted by Crippen LogP contribution is -2.49. The van der Waals surface area contributed by atoms with Crippen molar-refractivity contribution in [1.29, 1.82) is 0 Å². The van der Waals surface area contributed by atoms with Crippen molar-refractivity contribution in [2.75, 3.05) is 36.8 Å². The minimum Gasteiger partial charge on any atom is -0.368 e. The monoisotopic (exact) mass is 387 g/mol. The molecule has 0 saturated carbocycles. The summed E-state index contributed by atoms with van der Waals surface area (Å²) in [6.45, 7) is 3.05. The molecular formula is C18H18ClN5OS. The molecule has 8 heteroatoms. The van der Waals surface area contributed by atoms with Crippen molar-refractivity contribution in [3.05, 3.63) is 53.7 Å². The van der Waals surface area contributed by atoms with Crippen LogP contribution in [0, 0.1) is 0 Å². The van der Waals surface area contributed by atoms with Gasteiger partial charge in [0.2, 0.25) is 5.91 Å². The first-order chi connectivity index (χ1) is 12.7. The Balaban J connectivity index is 1.32. The Bertz CT molecular complexity index is 923. The van der Waals surface area contributed by atoms with E-state index in [4.69, 9.17) is 11.6 Å². The van der Waals surface area contributed by atoms with Crippen LogP contribution in [-0.4, -0.2) is 57.3 Å². The second-order valence-electron chi connectivity index (χ2n) is 6.05. The predicted molar refractivity (Wildman–Crippen MR) is 104 cm³/mol. The fourth-order valence-electron chi connectivity index (χ4n) is 3.02. The van der Waals surface area contributed by atoms with Crippen molar-refractivity contribution < 1.29 is 4.79 Å². The van der Waals surface area contributed by atoms with Crippen LogP contribution in [0.3, 0.4) is 0 Å². The van der Waals surface area contributed by atoms with Gasteiger partial charge in [-0.05, 0) is 30.3 Å². The Morgan fingerprint density at radius 1 is 1.08 bits per heavy atom. The zero-order valence-electron chi connectivity index (χ0n) is 14.1. The highest BCUT2D eigenvalue weighted by Crippen LogP contribution is 2.22. The Morgan fingerprint density at radius 3 is 2.73 bits per heavy atom. The molecule has 1 aromatic carbocycles. The van der Waals surface area contributed by atoms with Crippen LogP contribution in [0.5, 0.6) is 0 Å². The molecule has 1 aliphatic heterocycles. The number of carbonyl (C=O) groups excluding carboxylic acids is 1. The molecule has 1 aliphatic rings. The maximum absolute atomic E-state index is 12.5. The molecule has 1 saturated heterocycles. The number of fused-ring (bicyclic) bond motifs is 1. The van der Waals surface area contributed by atoms with Crippen LogP contribution >= 0.6 is 23.4 Å². The van der Waals surface area contributed by atoms with Gasteiger partial charge in [0, 0.05) is 43.1 Å². The van der Waals surface area contributed by atoms with E-state index in [2.05, 4.69) is 21.2 Å². The Kier molecular flexibility index (Phi) is 4.99. The number of thioether (sulfide) groups is 1. The normalized spacial score (nSPS) is 14.8. The number of anilines is 1. The highest BCUT2D eigenvalue weighted by molar-refractivity contribution is 7.99. The number of hydrogen-bond donors (Lipinski definition) is 0. The highest BCUT2D eigenvalue weighted by atomic mass is 35.5. The summed E-state index contributed by atoms with van der Waals surface area (Å²) in [5.41, 5.74) is 1.89. The Labute approximate surface area is 160 Å². The molecule has 6 nitrogen and oxygen atoms in total. The fraction of sp³-hybridized carbons (Fsp3) is 0.278. The first kappa shape index (κ1) is 17.2. The summed E-state index contributed by atoms with van der Waals surface area (Å²) >= 11 is 7.49. The minimum atomic E-state index is 0.133. The Morgan fingerprint density at radius 2 is 1.92 bits per heavy atom. The number of hydrogen-bond acceptors (Lipinski definition) is 5. The third-order valence-corrected chi connectivity index (χ3v) is 5.58. The number of piperazine rings is 1. The smallest absolute Gasteiger partial charge is 0.233 e. The number of amides is 1. The molecule has 0 aliphatic carbocycles. The van der Waals surface area contributed by atoms with Crippen molar-refractivity contribution in [3.8, 4) is 0 Å². The molecule has 3 aromatic rings. The van der Waals surface area contributed by atoms with E-state index in [1.54, 1.807) is 0 Å². The third-order valence-electron chi connectivity index (χ3n) is 4.41. The van der Waals surface area contributed by atoms with Gasteiger partial charge in [-0.15, -0.1) is 10.2 Å². The largest absolute Gasteiger partial charge is 0.368 e. The number of carbonyl (C=O) groups is 1. The summed E-state index contributed by atoms with van der Waals surface area (Å²) < 4.78 is 1.90. The van der Waals surface area contributed by atoms with E-state index in [1.807, 2.05) is 51.9 Å². The van der Waals surface area contributed by atoms with Crippen LogP contribution in [0.15, 0.2) is 53.8 Å². The molecule has 0 radical (unpaired) electrons. The van der Waals surface area contributed by atoms with Gasteiger partial charge < -0.3 is 9.80 Å². The number of halogens is 1. The summed E-state index contributed by atoms with van der Waals surface area (Å²) in [7, 11) is 0. The quantitative estimate of drug-likeness (QED) is 0.644. The standard InChI is InChI=1S/C18H18ClN5OS/c19-14-4-3-5-15(12-14)22-8-10-23(11-9-22)17(25)13-26-18-21-20-16-6-1-2-7-24(16)18/h1-7,12H,8-11,13H2. The van der Waals surface area contributed by atoms with Crippen molar-refractivity contribution in [3.63, 3.8) is 0 Å². The lowest BCUT2D eigenvalue weighted by Gasteiger charge is -2.36. The van der Waals surface area contributed by atoms with Gasteiger partial charge in [-0.2, -0.15) is 0 Å². The van der Waals surface area contributed by atoms with Crippen LogP contribution in [0.25, 0.3) is 5.65 Å². The number of benzene rings is 1. The fourth-order valence-corrected chi connectivity index (χ4v) is 4.03. The lowest BCUT2D eigenvalue weighted by atomic mass is 10.2. The predicted octanol–water partition coefficient (Wildman–Crippen LogP) is 2.82. The van der Waals surface area contributed by atoms with Gasteiger partial charge in [-0.3, -0.25) is 9.20 Å². The molecule has 3 heterocycles. The average molecular weight is 388 g/mol. The van der Waals surface area contributed by atoms with Gasteiger partial charge in [0.25, 0.3) is 0 Å². The van der Waals surface area contributed by atoms with E-state index in [-0.39, 0.29) is 5.91 Å². The van der Waals surface area contributed by atoms with Gasteiger partial charge in [-0.1, -0.05) is 35.5 Å². The lowest BCUT2D eigenvalue weighted by molar-refractivity contribution is -0.128. The van der Waals surface area contributed by atoms with Gasteiger partial charge in [0.1, 0.15) is 0 Å². The topological polar surface area (TPSA) is 53.7 Å². The van der Waals surface area contributed by atoms with Crippen molar-refractivity contribution in [2.24, 2.45) is 0 Å². The van der Waals surface area contributed by atoms with Crippen LogP contribution in [0.4, 0.5) is 5.69 Å². The van der Waals surface area contributed by atoms with Crippen molar-refractivity contribution >= 4 is 40.6 Å². The van der Waals surface area contributed by atoms with Crippen LogP contribution < -0.4 is 4.90 Å². The zero-order valence-corrected chi connectivity index (χ0v) is 15.7. The van der Waals surface area contributed by atoms with Crippen LogP contribution in [0.1, 0.15) is 0 Å². The maximum Gasteiger partial charge on any atom is 0.233 e. The van der Waals surface area contributed by atoms with Crippen molar-refractivity contribution in [1.82, 2.24) is 19.5 Å².